The summed E-state index contributed by atoms with van der Waals surface area (Å²) in [5, 5.41) is 2.78. The fourth-order valence-electron chi connectivity index (χ4n) is 1.94. The number of hydrogen-bond donors (Lipinski definition) is 1. The number of carbonyl (C=O) groups is 1. The number of aryl methyl sites for hydroxylation is 2. The summed E-state index contributed by atoms with van der Waals surface area (Å²) in [5.41, 5.74) is 2.50. The highest BCUT2D eigenvalue weighted by Gasteiger charge is 2.08. The lowest BCUT2D eigenvalue weighted by Gasteiger charge is -2.09. The summed E-state index contributed by atoms with van der Waals surface area (Å²) in [7, 11) is 0. The molecule has 4 nitrogen and oxygen atoms in total. The third kappa shape index (κ3) is 3.57. The molecule has 0 spiro atoms. The van der Waals surface area contributed by atoms with Crippen molar-refractivity contribution in [1.82, 2.24) is 4.57 Å². The maximum absolute atomic E-state index is 12.0. The molecule has 1 aromatic heterocycles. The number of nitrogens with zero attached hydrogens (tertiary/aromatic N) is 1. The van der Waals surface area contributed by atoms with E-state index in [-0.39, 0.29) is 18.0 Å². The zero-order valence-electron chi connectivity index (χ0n) is 11.3. The van der Waals surface area contributed by atoms with Crippen molar-refractivity contribution in [2.45, 2.75) is 20.4 Å². The predicted octanol–water partition coefficient (Wildman–Crippen LogP) is 2.87. The van der Waals surface area contributed by atoms with Gasteiger partial charge < -0.3 is 9.88 Å². The van der Waals surface area contributed by atoms with Gasteiger partial charge in [0.05, 0.1) is 4.47 Å². The molecule has 1 aromatic carbocycles. The molecule has 0 saturated carbocycles. The molecule has 0 atom stereocenters. The first-order valence-electron chi connectivity index (χ1n) is 6.19. The molecule has 2 aromatic rings. The maximum atomic E-state index is 12.0. The Balaban J connectivity index is 2.15. The maximum Gasteiger partial charge on any atom is 0.265 e. The highest BCUT2D eigenvalue weighted by Crippen LogP contribution is 2.10. The van der Waals surface area contributed by atoms with Crippen molar-refractivity contribution in [3.8, 4) is 0 Å². The first-order chi connectivity index (χ1) is 9.45. The van der Waals surface area contributed by atoms with E-state index in [0.717, 1.165) is 16.8 Å². The number of carbonyl (C=O) groups excluding carboxylic acids is 1. The number of benzene rings is 1. The number of halogens is 1. The third-order valence-electron chi connectivity index (χ3n) is 2.79. The van der Waals surface area contributed by atoms with E-state index < -0.39 is 0 Å². The Bertz CT molecular complexity index is 707. The van der Waals surface area contributed by atoms with Gasteiger partial charge >= 0.3 is 0 Å². The fraction of sp³-hybridized carbons (Fsp3) is 0.200. The molecule has 104 valence electrons. The fourth-order valence-corrected chi connectivity index (χ4v) is 2.52. The molecule has 20 heavy (non-hydrogen) atoms. The van der Waals surface area contributed by atoms with Crippen LogP contribution in [0.4, 0.5) is 5.69 Å². The van der Waals surface area contributed by atoms with Crippen LogP contribution in [0.2, 0.25) is 0 Å². The Labute approximate surface area is 125 Å². The van der Waals surface area contributed by atoms with Crippen molar-refractivity contribution in [2.75, 3.05) is 5.32 Å². The summed E-state index contributed by atoms with van der Waals surface area (Å²) < 4.78 is 1.85. The number of pyridine rings is 1. The van der Waals surface area contributed by atoms with Gasteiger partial charge in [0.2, 0.25) is 5.91 Å². The van der Waals surface area contributed by atoms with Crippen LogP contribution < -0.4 is 10.9 Å². The SMILES string of the molecule is Cc1cccc(NC(=O)Cn2cc(C)cc(Br)c2=O)c1. The molecule has 0 radical (unpaired) electrons. The number of amides is 1. The van der Waals surface area contributed by atoms with Crippen LogP contribution in [0.1, 0.15) is 11.1 Å². The minimum atomic E-state index is -0.227. The van der Waals surface area contributed by atoms with Crippen LogP contribution in [0, 0.1) is 13.8 Å². The standard InChI is InChI=1S/C15H15BrN2O2/c1-10-4-3-5-12(6-10)17-14(19)9-18-8-11(2)7-13(16)15(18)20/h3-8H,9H2,1-2H3,(H,17,19). The monoisotopic (exact) mass is 334 g/mol. The minimum Gasteiger partial charge on any atom is -0.325 e. The van der Waals surface area contributed by atoms with Crippen molar-refractivity contribution >= 4 is 27.5 Å². The van der Waals surface area contributed by atoms with Crippen LogP contribution in [0.5, 0.6) is 0 Å². The Kier molecular flexibility index (Phi) is 4.39. The predicted molar refractivity (Wildman–Crippen MR) is 82.9 cm³/mol. The zero-order valence-corrected chi connectivity index (χ0v) is 12.9. The lowest BCUT2D eigenvalue weighted by molar-refractivity contribution is -0.116. The average Bonchev–Trinajstić information content (AvgIpc) is 2.35. The van der Waals surface area contributed by atoms with E-state index in [4.69, 9.17) is 0 Å². The van der Waals surface area contributed by atoms with Crippen LogP contribution in [-0.4, -0.2) is 10.5 Å². The molecule has 2 rings (SSSR count). The van der Waals surface area contributed by atoms with Crippen molar-refractivity contribution in [2.24, 2.45) is 0 Å². The van der Waals surface area contributed by atoms with Gasteiger partial charge in [0.1, 0.15) is 6.54 Å². The number of rotatable bonds is 3. The number of nitrogens with one attached hydrogen (secondary N) is 1. The topological polar surface area (TPSA) is 51.1 Å². The van der Waals surface area contributed by atoms with Gasteiger partial charge in [-0.15, -0.1) is 0 Å². The molecule has 1 heterocycles. The molecular weight excluding hydrogens is 320 g/mol. The Hall–Kier alpha value is -1.88. The van der Waals surface area contributed by atoms with Gasteiger partial charge in [-0.25, -0.2) is 0 Å². The largest absolute Gasteiger partial charge is 0.325 e. The van der Waals surface area contributed by atoms with Gasteiger partial charge in [-0.3, -0.25) is 9.59 Å². The molecule has 0 unspecified atom stereocenters. The van der Waals surface area contributed by atoms with E-state index in [0.29, 0.717) is 4.47 Å². The Morgan fingerprint density at radius 3 is 2.70 bits per heavy atom. The molecule has 1 N–H and O–H groups in total. The highest BCUT2D eigenvalue weighted by molar-refractivity contribution is 9.10. The lowest BCUT2D eigenvalue weighted by atomic mass is 10.2. The average molecular weight is 335 g/mol. The first kappa shape index (κ1) is 14.5. The van der Waals surface area contributed by atoms with Crippen LogP contribution in [0.3, 0.4) is 0 Å². The number of anilines is 1. The minimum absolute atomic E-state index is 0.00689. The van der Waals surface area contributed by atoms with Gasteiger partial charge in [0.15, 0.2) is 0 Å². The Morgan fingerprint density at radius 2 is 2.00 bits per heavy atom. The summed E-state index contributed by atoms with van der Waals surface area (Å²) in [5.74, 6) is -0.227. The van der Waals surface area contributed by atoms with Gasteiger partial charge in [0.25, 0.3) is 5.56 Å². The van der Waals surface area contributed by atoms with Crippen LogP contribution in [-0.2, 0) is 11.3 Å². The van der Waals surface area contributed by atoms with Gasteiger partial charge in [-0.2, -0.15) is 0 Å². The van der Waals surface area contributed by atoms with E-state index in [2.05, 4.69) is 21.2 Å². The Morgan fingerprint density at radius 1 is 1.25 bits per heavy atom. The normalized spacial score (nSPS) is 10.3. The van der Waals surface area contributed by atoms with E-state index >= 15 is 0 Å². The zero-order chi connectivity index (χ0) is 14.7. The van der Waals surface area contributed by atoms with E-state index in [1.165, 1.54) is 4.57 Å². The smallest absolute Gasteiger partial charge is 0.265 e. The van der Waals surface area contributed by atoms with Gasteiger partial charge in [-0.05, 0) is 59.1 Å². The van der Waals surface area contributed by atoms with E-state index in [1.807, 2.05) is 38.1 Å². The molecule has 5 heteroatoms. The molecule has 0 aliphatic carbocycles. The number of aromatic nitrogens is 1. The number of hydrogen-bond acceptors (Lipinski definition) is 2. The van der Waals surface area contributed by atoms with Crippen molar-refractivity contribution in [1.29, 1.82) is 0 Å². The lowest BCUT2D eigenvalue weighted by Crippen LogP contribution is -2.27. The van der Waals surface area contributed by atoms with Gasteiger partial charge in [0, 0.05) is 11.9 Å². The summed E-state index contributed by atoms with van der Waals surface area (Å²) in [4.78, 5) is 23.9. The van der Waals surface area contributed by atoms with E-state index in [9.17, 15) is 9.59 Å². The molecule has 0 aliphatic heterocycles. The van der Waals surface area contributed by atoms with Crippen LogP contribution in [0.15, 0.2) is 45.8 Å². The molecular formula is C15H15BrN2O2. The first-order valence-corrected chi connectivity index (χ1v) is 6.98. The third-order valence-corrected chi connectivity index (χ3v) is 3.36. The summed E-state index contributed by atoms with van der Waals surface area (Å²) >= 11 is 3.20. The van der Waals surface area contributed by atoms with Crippen molar-refractivity contribution in [3.63, 3.8) is 0 Å². The molecule has 0 fully saturated rings. The molecule has 0 bridgehead atoms. The second-order valence-electron chi connectivity index (χ2n) is 4.72. The van der Waals surface area contributed by atoms with Crippen LogP contribution in [0.25, 0.3) is 0 Å². The summed E-state index contributed by atoms with van der Waals surface area (Å²) in [6.07, 6.45) is 1.67. The van der Waals surface area contributed by atoms with E-state index in [1.54, 1.807) is 12.3 Å². The van der Waals surface area contributed by atoms with Crippen molar-refractivity contribution in [3.05, 3.63) is 62.5 Å². The molecule has 1 amide bonds. The summed E-state index contributed by atoms with van der Waals surface area (Å²) in [6.45, 7) is 3.82. The quantitative estimate of drug-likeness (QED) is 0.938. The van der Waals surface area contributed by atoms with Crippen LogP contribution >= 0.6 is 15.9 Å². The second kappa shape index (κ2) is 6.05. The molecule has 0 saturated heterocycles. The molecule has 0 aliphatic rings. The second-order valence-corrected chi connectivity index (χ2v) is 5.57. The highest BCUT2D eigenvalue weighted by atomic mass is 79.9. The van der Waals surface area contributed by atoms with Crippen molar-refractivity contribution < 1.29 is 4.79 Å². The van der Waals surface area contributed by atoms with Gasteiger partial charge in [-0.1, -0.05) is 12.1 Å². The summed E-state index contributed by atoms with van der Waals surface area (Å²) in [6, 6.07) is 9.27.